The van der Waals surface area contributed by atoms with Gasteiger partial charge in [-0.3, -0.25) is 9.59 Å². The Kier molecular flexibility index (Phi) is 13.2. The summed E-state index contributed by atoms with van der Waals surface area (Å²) in [5.41, 5.74) is 0.572. The van der Waals surface area contributed by atoms with E-state index in [4.69, 9.17) is 18.9 Å². The molecule has 0 aliphatic carbocycles. The first-order valence-electron chi connectivity index (χ1n) is 13.3. The number of nitrogens with one attached hydrogen (secondary N) is 1. The van der Waals surface area contributed by atoms with E-state index >= 15 is 0 Å². The van der Waals surface area contributed by atoms with Gasteiger partial charge in [-0.2, -0.15) is 0 Å². The highest BCUT2D eigenvalue weighted by Gasteiger charge is 2.44. The van der Waals surface area contributed by atoms with Crippen molar-refractivity contribution < 1.29 is 38.7 Å². The molecule has 1 aliphatic rings. The van der Waals surface area contributed by atoms with Crippen LogP contribution in [0.5, 0.6) is 11.5 Å². The quantitative estimate of drug-likeness (QED) is 0.220. The molecule has 210 valence electrons. The first kappa shape index (κ1) is 30.9. The normalized spacial score (nSPS) is 17.4. The highest BCUT2D eigenvalue weighted by Crippen LogP contribution is 2.42. The number of hydrogen-bond acceptors (Lipinski definition) is 9. The fourth-order valence-corrected chi connectivity index (χ4v) is 5.12. The standard InChI is InChI=1S/C28H45NO8/c1-20(30)7-5-8-23(36-21(2)31)18-26(37-27(33)9-6-16-34-3)28(12-14-29-15-13-28)19-22-10-11-24(32)25(17-22)35-4/h10-11,17,20,23,26,29-30,32H,5-9,12-16,18-19H2,1-4H3. The van der Waals surface area contributed by atoms with Crippen molar-refractivity contribution in [3.05, 3.63) is 23.8 Å². The molecule has 1 fully saturated rings. The van der Waals surface area contributed by atoms with Crippen LogP contribution in [0.3, 0.4) is 0 Å². The van der Waals surface area contributed by atoms with Crippen LogP contribution in [0.1, 0.15) is 70.8 Å². The minimum Gasteiger partial charge on any atom is -0.504 e. The Morgan fingerprint density at radius 2 is 1.84 bits per heavy atom. The van der Waals surface area contributed by atoms with Gasteiger partial charge < -0.3 is 34.5 Å². The smallest absolute Gasteiger partial charge is 0.306 e. The molecule has 0 spiro atoms. The van der Waals surface area contributed by atoms with E-state index in [1.54, 1.807) is 20.1 Å². The molecule has 0 bridgehead atoms. The van der Waals surface area contributed by atoms with E-state index in [2.05, 4.69) is 5.32 Å². The van der Waals surface area contributed by atoms with Gasteiger partial charge in [-0.25, -0.2) is 0 Å². The maximum atomic E-state index is 12.9. The van der Waals surface area contributed by atoms with Gasteiger partial charge in [0.25, 0.3) is 0 Å². The van der Waals surface area contributed by atoms with E-state index in [1.807, 2.05) is 12.1 Å². The SMILES string of the molecule is COCCCC(=O)OC(CC(CCCC(C)O)OC(C)=O)C1(Cc2ccc(O)c(OC)c2)CCNCC1. The molecule has 37 heavy (non-hydrogen) atoms. The topological polar surface area (TPSA) is 124 Å². The molecule has 0 aromatic heterocycles. The third-order valence-corrected chi connectivity index (χ3v) is 7.04. The average Bonchev–Trinajstić information content (AvgIpc) is 2.85. The van der Waals surface area contributed by atoms with Crippen LogP contribution in [0.15, 0.2) is 18.2 Å². The first-order chi connectivity index (χ1) is 17.7. The molecule has 2 rings (SSSR count). The Hall–Kier alpha value is -2.36. The Morgan fingerprint density at radius 1 is 1.11 bits per heavy atom. The number of hydrogen-bond donors (Lipinski definition) is 3. The lowest BCUT2D eigenvalue weighted by molar-refractivity contribution is -0.165. The molecule has 3 N–H and O–H groups in total. The van der Waals surface area contributed by atoms with Crippen molar-refractivity contribution in [2.24, 2.45) is 5.41 Å². The minimum atomic E-state index is -0.486. The van der Waals surface area contributed by atoms with Crippen molar-refractivity contribution in [2.45, 2.75) is 89.9 Å². The second-order valence-electron chi connectivity index (χ2n) is 10.1. The van der Waals surface area contributed by atoms with Crippen molar-refractivity contribution in [1.82, 2.24) is 5.32 Å². The predicted octanol–water partition coefficient (Wildman–Crippen LogP) is 3.52. The number of aliphatic hydroxyl groups excluding tert-OH is 1. The third kappa shape index (κ3) is 10.5. The lowest BCUT2D eigenvalue weighted by atomic mass is 9.68. The molecule has 9 nitrogen and oxygen atoms in total. The lowest BCUT2D eigenvalue weighted by Crippen LogP contribution is -2.49. The van der Waals surface area contributed by atoms with Gasteiger partial charge in [-0.1, -0.05) is 6.07 Å². The highest BCUT2D eigenvalue weighted by atomic mass is 16.6. The van der Waals surface area contributed by atoms with Crippen molar-refractivity contribution in [3.8, 4) is 11.5 Å². The summed E-state index contributed by atoms with van der Waals surface area (Å²) in [4.78, 5) is 24.9. The maximum Gasteiger partial charge on any atom is 0.306 e. The van der Waals surface area contributed by atoms with E-state index in [0.29, 0.717) is 50.9 Å². The zero-order chi connectivity index (χ0) is 27.3. The zero-order valence-electron chi connectivity index (χ0n) is 22.8. The monoisotopic (exact) mass is 523 g/mol. The summed E-state index contributed by atoms with van der Waals surface area (Å²) in [5, 5.41) is 23.2. The zero-order valence-corrected chi connectivity index (χ0v) is 22.8. The number of piperidine rings is 1. The predicted molar refractivity (Wildman–Crippen MR) is 140 cm³/mol. The molecule has 3 unspecified atom stereocenters. The number of rotatable bonds is 16. The van der Waals surface area contributed by atoms with Gasteiger partial charge in [0.2, 0.25) is 0 Å². The van der Waals surface area contributed by atoms with Crippen LogP contribution in [-0.2, 0) is 30.2 Å². The molecule has 1 aromatic carbocycles. The van der Waals surface area contributed by atoms with E-state index in [9.17, 15) is 19.8 Å². The Labute approximate surface area is 220 Å². The van der Waals surface area contributed by atoms with E-state index in [1.165, 1.54) is 14.0 Å². The van der Waals surface area contributed by atoms with Gasteiger partial charge in [-0.15, -0.1) is 0 Å². The van der Waals surface area contributed by atoms with E-state index < -0.39 is 23.7 Å². The van der Waals surface area contributed by atoms with E-state index in [-0.39, 0.29) is 24.1 Å². The summed E-state index contributed by atoms with van der Waals surface area (Å²) in [6, 6.07) is 5.31. The molecule has 1 aromatic rings. The number of esters is 2. The van der Waals surface area contributed by atoms with Crippen LogP contribution < -0.4 is 10.1 Å². The largest absolute Gasteiger partial charge is 0.504 e. The Morgan fingerprint density at radius 3 is 2.46 bits per heavy atom. The number of methoxy groups -OCH3 is 2. The molecule has 0 radical (unpaired) electrons. The fraction of sp³-hybridized carbons (Fsp3) is 0.714. The number of carbonyl (C=O) groups excluding carboxylic acids is 2. The molecule has 1 heterocycles. The summed E-state index contributed by atoms with van der Waals surface area (Å²) in [5.74, 6) is -0.214. The van der Waals surface area contributed by atoms with Crippen LogP contribution in [0.25, 0.3) is 0 Å². The number of aliphatic hydroxyl groups is 1. The number of benzene rings is 1. The first-order valence-corrected chi connectivity index (χ1v) is 13.3. The molecule has 9 heteroatoms. The van der Waals surface area contributed by atoms with Crippen LogP contribution in [0.2, 0.25) is 0 Å². The van der Waals surface area contributed by atoms with Crippen LogP contribution >= 0.6 is 0 Å². The molecule has 3 atom stereocenters. The summed E-state index contributed by atoms with van der Waals surface area (Å²) in [6.07, 6.45) is 3.84. The molecule has 0 amide bonds. The molecular weight excluding hydrogens is 478 g/mol. The van der Waals surface area contributed by atoms with Crippen molar-refractivity contribution in [1.29, 1.82) is 0 Å². The van der Waals surface area contributed by atoms with Gasteiger partial charge in [0.1, 0.15) is 12.2 Å². The van der Waals surface area contributed by atoms with Crippen LogP contribution in [0.4, 0.5) is 0 Å². The summed E-state index contributed by atoms with van der Waals surface area (Å²) in [7, 11) is 3.11. The van der Waals surface area contributed by atoms with Crippen molar-refractivity contribution >= 4 is 11.9 Å². The third-order valence-electron chi connectivity index (χ3n) is 7.04. The van der Waals surface area contributed by atoms with Crippen molar-refractivity contribution in [2.75, 3.05) is 33.9 Å². The van der Waals surface area contributed by atoms with E-state index in [0.717, 1.165) is 31.5 Å². The highest BCUT2D eigenvalue weighted by molar-refractivity contribution is 5.69. The fourth-order valence-electron chi connectivity index (χ4n) is 5.12. The Balaban J connectivity index is 2.36. The molecule has 1 aliphatic heterocycles. The molecular formula is C28H45NO8. The summed E-state index contributed by atoms with van der Waals surface area (Å²) >= 11 is 0. The minimum absolute atomic E-state index is 0.0692. The molecule has 0 saturated carbocycles. The molecule has 1 saturated heterocycles. The van der Waals surface area contributed by atoms with Gasteiger partial charge in [0, 0.05) is 38.9 Å². The Bertz CT molecular complexity index is 837. The van der Waals surface area contributed by atoms with Gasteiger partial charge in [-0.05, 0) is 82.7 Å². The van der Waals surface area contributed by atoms with Crippen molar-refractivity contribution in [3.63, 3.8) is 0 Å². The number of ether oxygens (including phenoxy) is 4. The van der Waals surface area contributed by atoms with Crippen LogP contribution in [-0.4, -0.2) is 74.4 Å². The van der Waals surface area contributed by atoms with Gasteiger partial charge >= 0.3 is 11.9 Å². The average molecular weight is 524 g/mol. The number of phenolic OH excluding ortho intramolecular Hbond substituents is 1. The van der Waals surface area contributed by atoms with Gasteiger partial charge in [0.15, 0.2) is 11.5 Å². The van der Waals surface area contributed by atoms with Gasteiger partial charge in [0.05, 0.1) is 13.2 Å². The van der Waals surface area contributed by atoms with Crippen LogP contribution in [0, 0.1) is 5.41 Å². The second kappa shape index (κ2) is 15.8. The second-order valence-corrected chi connectivity index (χ2v) is 10.1. The lowest BCUT2D eigenvalue weighted by Gasteiger charge is -2.44. The number of aromatic hydroxyl groups is 1. The summed E-state index contributed by atoms with van der Waals surface area (Å²) in [6.45, 7) is 5.13. The number of phenols is 1. The maximum absolute atomic E-state index is 12.9. The number of carbonyl (C=O) groups is 2. The summed E-state index contributed by atoms with van der Waals surface area (Å²) < 4.78 is 22.3.